The van der Waals surface area contributed by atoms with Gasteiger partial charge in [-0.2, -0.15) is 0 Å². The molecule has 0 aromatic heterocycles. The lowest BCUT2D eigenvalue weighted by atomic mass is 10.1. The lowest BCUT2D eigenvalue weighted by molar-refractivity contribution is 0.129. The maximum absolute atomic E-state index is 6.07. The van der Waals surface area contributed by atoms with Crippen molar-refractivity contribution in [2.24, 2.45) is 0 Å². The summed E-state index contributed by atoms with van der Waals surface area (Å²) in [6, 6.07) is 10.8. The quantitative estimate of drug-likeness (QED) is 0.788. The summed E-state index contributed by atoms with van der Waals surface area (Å²) in [6.45, 7) is 3.60. The van der Waals surface area contributed by atoms with Crippen LogP contribution in [0.1, 0.15) is 18.6 Å². The van der Waals surface area contributed by atoms with Gasteiger partial charge in [0.05, 0.1) is 10.0 Å². The molecular weight excluding hydrogens is 357 g/mol. The van der Waals surface area contributed by atoms with Crippen molar-refractivity contribution in [2.75, 3.05) is 13.1 Å². The number of ether oxygens (including phenoxy) is 2. The SMILES string of the molecule is CC(Oc1ccc(Cl)cc1OC1CNC1)c1ccc(Cl)c(Cl)c1. The topological polar surface area (TPSA) is 30.5 Å². The van der Waals surface area contributed by atoms with Crippen molar-refractivity contribution < 1.29 is 9.47 Å². The van der Waals surface area contributed by atoms with E-state index >= 15 is 0 Å². The van der Waals surface area contributed by atoms with E-state index in [0.717, 1.165) is 18.7 Å². The van der Waals surface area contributed by atoms with Crippen LogP contribution in [0, 0.1) is 0 Å². The summed E-state index contributed by atoms with van der Waals surface area (Å²) in [5, 5.41) is 4.81. The first-order valence-corrected chi connectivity index (χ1v) is 8.45. The van der Waals surface area contributed by atoms with Gasteiger partial charge in [-0.25, -0.2) is 0 Å². The summed E-state index contributed by atoms with van der Waals surface area (Å²) in [5.41, 5.74) is 0.936. The number of rotatable bonds is 5. The lowest BCUT2D eigenvalue weighted by Gasteiger charge is -2.29. The molecule has 0 aliphatic carbocycles. The smallest absolute Gasteiger partial charge is 0.163 e. The van der Waals surface area contributed by atoms with Gasteiger partial charge in [-0.15, -0.1) is 0 Å². The summed E-state index contributed by atoms with van der Waals surface area (Å²) >= 11 is 18.1. The number of hydrogen-bond donors (Lipinski definition) is 1. The first-order chi connectivity index (χ1) is 11.0. The second-order valence-electron chi connectivity index (χ2n) is 5.42. The predicted molar refractivity (Wildman–Crippen MR) is 94.2 cm³/mol. The van der Waals surface area contributed by atoms with Gasteiger partial charge < -0.3 is 14.8 Å². The predicted octanol–water partition coefficient (Wildman–Crippen LogP) is 5.14. The Hall–Kier alpha value is -1.13. The Morgan fingerprint density at radius 2 is 1.78 bits per heavy atom. The van der Waals surface area contributed by atoms with E-state index in [-0.39, 0.29) is 12.2 Å². The number of halogens is 3. The Kier molecular flexibility index (Phi) is 5.22. The van der Waals surface area contributed by atoms with Crippen molar-refractivity contribution in [1.29, 1.82) is 0 Å². The zero-order valence-corrected chi connectivity index (χ0v) is 14.8. The van der Waals surface area contributed by atoms with Gasteiger partial charge in [0.25, 0.3) is 0 Å². The molecule has 2 aromatic carbocycles. The third-order valence-electron chi connectivity index (χ3n) is 3.66. The summed E-state index contributed by atoms with van der Waals surface area (Å²) in [6.07, 6.45) is -0.0519. The Bertz CT molecular complexity index is 704. The Balaban J connectivity index is 1.79. The van der Waals surface area contributed by atoms with E-state index < -0.39 is 0 Å². The van der Waals surface area contributed by atoms with Gasteiger partial charge in [0.2, 0.25) is 0 Å². The zero-order valence-electron chi connectivity index (χ0n) is 12.5. The van der Waals surface area contributed by atoms with Crippen LogP contribution in [0.2, 0.25) is 15.1 Å². The third-order valence-corrected chi connectivity index (χ3v) is 4.63. The van der Waals surface area contributed by atoms with Gasteiger partial charge in [0, 0.05) is 24.2 Å². The van der Waals surface area contributed by atoms with Gasteiger partial charge >= 0.3 is 0 Å². The van der Waals surface area contributed by atoms with Crippen LogP contribution >= 0.6 is 34.8 Å². The zero-order chi connectivity index (χ0) is 16.4. The number of benzene rings is 2. The Morgan fingerprint density at radius 3 is 2.43 bits per heavy atom. The highest BCUT2D eigenvalue weighted by atomic mass is 35.5. The number of hydrogen-bond acceptors (Lipinski definition) is 3. The summed E-state index contributed by atoms with van der Waals surface area (Å²) in [7, 11) is 0. The van der Waals surface area contributed by atoms with E-state index in [9.17, 15) is 0 Å². The molecule has 3 nitrogen and oxygen atoms in total. The molecule has 0 amide bonds. The molecule has 1 atom stereocenters. The highest BCUT2D eigenvalue weighted by Gasteiger charge is 2.21. The van der Waals surface area contributed by atoms with Crippen molar-refractivity contribution in [3.8, 4) is 11.5 Å². The minimum Gasteiger partial charge on any atom is -0.484 e. The van der Waals surface area contributed by atoms with Crippen LogP contribution in [0.5, 0.6) is 11.5 Å². The molecule has 0 radical (unpaired) electrons. The maximum atomic E-state index is 6.07. The highest BCUT2D eigenvalue weighted by Crippen LogP contribution is 2.35. The normalized spacial score (nSPS) is 15.8. The van der Waals surface area contributed by atoms with E-state index in [1.54, 1.807) is 24.3 Å². The highest BCUT2D eigenvalue weighted by molar-refractivity contribution is 6.42. The van der Waals surface area contributed by atoms with E-state index in [0.29, 0.717) is 26.6 Å². The van der Waals surface area contributed by atoms with Gasteiger partial charge in [-0.05, 0) is 36.8 Å². The van der Waals surface area contributed by atoms with Crippen molar-refractivity contribution in [3.05, 3.63) is 57.0 Å². The fourth-order valence-electron chi connectivity index (χ4n) is 2.22. The minimum atomic E-state index is -0.201. The molecule has 2 aromatic rings. The summed E-state index contributed by atoms with van der Waals surface area (Å²) < 4.78 is 12.0. The fraction of sp³-hybridized carbons (Fsp3) is 0.294. The second kappa shape index (κ2) is 7.18. The molecule has 1 unspecified atom stereocenters. The van der Waals surface area contributed by atoms with Crippen LogP contribution in [0.3, 0.4) is 0 Å². The molecule has 23 heavy (non-hydrogen) atoms. The molecule has 0 saturated carbocycles. The Morgan fingerprint density at radius 1 is 1.00 bits per heavy atom. The van der Waals surface area contributed by atoms with Crippen LogP contribution in [-0.2, 0) is 0 Å². The van der Waals surface area contributed by atoms with E-state index in [1.165, 1.54) is 0 Å². The third kappa shape index (κ3) is 4.04. The van der Waals surface area contributed by atoms with Crippen LogP contribution in [0.25, 0.3) is 0 Å². The molecule has 6 heteroatoms. The molecule has 1 heterocycles. The molecule has 3 rings (SSSR count). The standard InChI is InChI=1S/C17H16Cl3NO2/c1-10(11-2-4-14(19)15(20)6-11)22-16-5-3-12(18)7-17(16)23-13-8-21-9-13/h2-7,10,13,21H,8-9H2,1H3. The van der Waals surface area contributed by atoms with E-state index in [4.69, 9.17) is 44.3 Å². The van der Waals surface area contributed by atoms with Crippen molar-refractivity contribution >= 4 is 34.8 Å². The molecule has 0 spiro atoms. The molecule has 1 aliphatic rings. The van der Waals surface area contributed by atoms with Gasteiger partial charge in [-0.3, -0.25) is 0 Å². The van der Waals surface area contributed by atoms with Crippen molar-refractivity contribution in [1.82, 2.24) is 5.32 Å². The molecule has 0 bridgehead atoms. The van der Waals surface area contributed by atoms with Crippen LogP contribution in [0.4, 0.5) is 0 Å². The largest absolute Gasteiger partial charge is 0.484 e. The maximum Gasteiger partial charge on any atom is 0.163 e. The first-order valence-electron chi connectivity index (χ1n) is 7.31. The first kappa shape index (κ1) is 16.7. The number of nitrogens with one attached hydrogen (secondary N) is 1. The average Bonchev–Trinajstić information content (AvgIpc) is 2.48. The van der Waals surface area contributed by atoms with Crippen molar-refractivity contribution in [3.63, 3.8) is 0 Å². The molecule has 1 fully saturated rings. The second-order valence-corrected chi connectivity index (χ2v) is 6.67. The average molecular weight is 373 g/mol. The van der Waals surface area contributed by atoms with Gasteiger partial charge in [0.15, 0.2) is 11.5 Å². The molecule has 1 N–H and O–H groups in total. The summed E-state index contributed by atoms with van der Waals surface area (Å²) in [4.78, 5) is 0. The van der Waals surface area contributed by atoms with E-state index in [2.05, 4.69) is 5.32 Å². The molecule has 1 aliphatic heterocycles. The molecular formula is C17H16Cl3NO2. The molecule has 122 valence electrons. The lowest BCUT2D eigenvalue weighted by Crippen LogP contribution is -2.50. The Labute approximate surface area is 150 Å². The van der Waals surface area contributed by atoms with E-state index in [1.807, 2.05) is 19.1 Å². The van der Waals surface area contributed by atoms with Crippen molar-refractivity contribution in [2.45, 2.75) is 19.1 Å². The van der Waals surface area contributed by atoms with Crippen LogP contribution < -0.4 is 14.8 Å². The fourth-order valence-corrected chi connectivity index (χ4v) is 2.69. The minimum absolute atomic E-state index is 0.149. The van der Waals surface area contributed by atoms with Crippen LogP contribution in [0.15, 0.2) is 36.4 Å². The van der Waals surface area contributed by atoms with Crippen LogP contribution in [-0.4, -0.2) is 19.2 Å². The van der Waals surface area contributed by atoms with Gasteiger partial charge in [0.1, 0.15) is 12.2 Å². The van der Waals surface area contributed by atoms with Gasteiger partial charge in [-0.1, -0.05) is 40.9 Å². The molecule has 1 saturated heterocycles. The monoisotopic (exact) mass is 371 g/mol. The summed E-state index contributed by atoms with van der Waals surface area (Å²) in [5.74, 6) is 1.30.